The Morgan fingerprint density at radius 1 is 0.645 bits per heavy atom. The normalized spacial score (nSPS) is 15.4. The first kappa shape index (κ1) is 22.9. The van der Waals surface area contributed by atoms with Crippen LogP contribution in [0, 0.1) is 29.1 Å². The molecule has 2 atom stereocenters. The molecule has 0 unspecified atom stereocenters. The summed E-state index contributed by atoms with van der Waals surface area (Å²) < 4.78 is 71.9. The van der Waals surface area contributed by atoms with Crippen LogP contribution in [0.15, 0.2) is 60.7 Å². The molecule has 0 saturated carbocycles. The molecule has 3 aromatic carbocycles. The molecule has 0 saturated heterocycles. The quantitative estimate of drug-likeness (QED) is 0.284. The average Bonchev–Trinajstić information content (AvgIpc) is 2.80. The second kappa shape index (κ2) is 8.77. The van der Waals surface area contributed by atoms with E-state index in [2.05, 4.69) is 0 Å². The largest absolute Gasteiger partial charge is 0.381 e. The lowest BCUT2D eigenvalue weighted by Crippen LogP contribution is -2.51. The van der Waals surface area contributed by atoms with Gasteiger partial charge in [-0.15, -0.1) is 0 Å². The maximum Gasteiger partial charge on any atom is 0.200 e. The molecule has 2 N–H and O–H groups in total. The summed E-state index contributed by atoms with van der Waals surface area (Å²) in [4.78, 5) is 0. The van der Waals surface area contributed by atoms with Gasteiger partial charge in [0.05, 0.1) is 5.56 Å². The summed E-state index contributed by atoms with van der Waals surface area (Å²) in [5.41, 5.74) is -7.06. The smallest absolute Gasteiger partial charge is 0.200 e. The predicted octanol–water partition coefficient (Wildman–Crippen LogP) is 5.70. The lowest BCUT2D eigenvalue weighted by Gasteiger charge is -2.45. The molecule has 0 amide bonds. The maximum atomic E-state index is 15.0. The van der Waals surface area contributed by atoms with Crippen molar-refractivity contribution >= 4 is 0 Å². The van der Waals surface area contributed by atoms with Gasteiger partial charge in [-0.25, -0.2) is 22.0 Å². The first-order chi connectivity index (χ1) is 14.7. The monoisotopic (exact) mass is 436 g/mol. The second-order valence-electron chi connectivity index (χ2n) is 7.35. The van der Waals surface area contributed by atoms with Crippen molar-refractivity contribution in [1.29, 1.82) is 0 Å². The third-order valence-electron chi connectivity index (χ3n) is 5.51. The standard InChI is InChI=1S/C24H21F5O2/c1-2-3-14-23(30,15-10-6-4-7-11-15)24(31,16-12-8-5-9-13-16)17-18(25)20(27)22(29)21(28)19(17)26/h4-13,30-31H,2-3,14H2,1H3/t23-,24+/m1/s1. The van der Waals surface area contributed by atoms with Crippen LogP contribution in [0.3, 0.4) is 0 Å². The summed E-state index contributed by atoms with van der Waals surface area (Å²) in [5, 5.41) is 23.7. The third-order valence-corrected chi connectivity index (χ3v) is 5.51. The minimum Gasteiger partial charge on any atom is -0.381 e. The summed E-state index contributed by atoms with van der Waals surface area (Å²) in [6.07, 6.45) is 0.630. The number of unbranched alkanes of at least 4 members (excludes halogenated alkanes) is 1. The van der Waals surface area contributed by atoms with Gasteiger partial charge < -0.3 is 10.2 Å². The van der Waals surface area contributed by atoms with Crippen molar-refractivity contribution in [3.05, 3.63) is 106 Å². The van der Waals surface area contributed by atoms with Crippen LogP contribution in [0.5, 0.6) is 0 Å². The average molecular weight is 436 g/mol. The van der Waals surface area contributed by atoms with Gasteiger partial charge in [-0.2, -0.15) is 0 Å². The van der Waals surface area contributed by atoms with E-state index in [1.807, 2.05) is 0 Å². The molecule has 0 aromatic heterocycles. The van der Waals surface area contributed by atoms with E-state index in [1.54, 1.807) is 19.1 Å². The van der Waals surface area contributed by atoms with Crippen molar-refractivity contribution in [2.24, 2.45) is 0 Å². The van der Waals surface area contributed by atoms with Gasteiger partial charge in [0, 0.05) is 0 Å². The molecule has 2 nitrogen and oxygen atoms in total. The Bertz CT molecular complexity index is 1030. The highest BCUT2D eigenvalue weighted by Crippen LogP contribution is 2.50. The Kier molecular flexibility index (Phi) is 6.48. The fraction of sp³-hybridized carbons (Fsp3) is 0.250. The molecule has 0 aliphatic rings. The fourth-order valence-electron chi connectivity index (χ4n) is 3.87. The number of hydrogen-bond acceptors (Lipinski definition) is 2. The maximum absolute atomic E-state index is 15.0. The fourth-order valence-corrected chi connectivity index (χ4v) is 3.87. The molecule has 0 radical (unpaired) electrons. The van der Waals surface area contributed by atoms with Crippen LogP contribution in [0.4, 0.5) is 22.0 Å². The van der Waals surface area contributed by atoms with Gasteiger partial charge in [0.25, 0.3) is 0 Å². The third kappa shape index (κ3) is 3.62. The van der Waals surface area contributed by atoms with E-state index in [-0.39, 0.29) is 17.5 Å². The summed E-state index contributed by atoms with van der Waals surface area (Å²) in [5.74, 6) is -11.1. The van der Waals surface area contributed by atoms with Gasteiger partial charge in [-0.3, -0.25) is 0 Å². The summed E-state index contributed by atoms with van der Waals surface area (Å²) in [7, 11) is 0. The Labute approximate surface area is 176 Å². The Hall–Kier alpha value is -2.77. The number of aliphatic hydroxyl groups is 2. The van der Waals surface area contributed by atoms with Crippen molar-refractivity contribution in [2.45, 2.75) is 37.4 Å². The highest BCUT2D eigenvalue weighted by atomic mass is 19.2. The Morgan fingerprint density at radius 3 is 1.52 bits per heavy atom. The number of halogens is 5. The van der Waals surface area contributed by atoms with Gasteiger partial charge >= 0.3 is 0 Å². The minimum atomic E-state index is -2.99. The minimum absolute atomic E-state index is 0.0683. The van der Waals surface area contributed by atoms with Crippen LogP contribution < -0.4 is 0 Å². The van der Waals surface area contributed by atoms with E-state index in [0.717, 1.165) is 0 Å². The van der Waals surface area contributed by atoms with E-state index in [1.165, 1.54) is 48.5 Å². The van der Waals surface area contributed by atoms with E-state index in [4.69, 9.17) is 0 Å². The number of benzene rings is 3. The molecule has 3 aromatic rings. The number of hydrogen-bond donors (Lipinski definition) is 2. The van der Waals surface area contributed by atoms with Crippen molar-refractivity contribution < 1.29 is 32.2 Å². The molecule has 0 spiro atoms. The van der Waals surface area contributed by atoms with Crippen LogP contribution >= 0.6 is 0 Å². The first-order valence-electron chi connectivity index (χ1n) is 9.77. The van der Waals surface area contributed by atoms with Crippen molar-refractivity contribution in [3.8, 4) is 0 Å². The van der Waals surface area contributed by atoms with Gasteiger partial charge in [-0.1, -0.05) is 80.4 Å². The molecule has 0 heterocycles. The summed E-state index contributed by atoms with van der Waals surface area (Å²) in [6.45, 7) is 1.80. The molecule has 0 aliphatic carbocycles. The van der Waals surface area contributed by atoms with Crippen LogP contribution in [-0.2, 0) is 11.2 Å². The van der Waals surface area contributed by atoms with Crippen molar-refractivity contribution in [2.75, 3.05) is 0 Å². The van der Waals surface area contributed by atoms with E-state index >= 15 is 0 Å². The SMILES string of the molecule is CCCC[C@@](O)(c1ccccc1)[C@](O)(c1ccccc1)c1c(F)c(F)c(F)c(F)c1F. The van der Waals surface area contributed by atoms with Crippen LogP contribution in [-0.4, -0.2) is 10.2 Å². The van der Waals surface area contributed by atoms with Crippen LogP contribution in [0.1, 0.15) is 42.9 Å². The van der Waals surface area contributed by atoms with Crippen LogP contribution in [0.25, 0.3) is 0 Å². The second-order valence-corrected chi connectivity index (χ2v) is 7.35. The lowest BCUT2D eigenvalue weighted by molar-refractivity contribution is -0.149. The van der Waals surface area contributed by atoms with Crippen molar-refractivity contribution in [3.63, 3.8) is 0 Å². The Morgan fingerprint density at radius 2 is 1.06 bits per heavy atom. The predicted molar refractivity (Wildman–Crippen MR) is 106 cm³/mol. The molecule has 0 aliphatic heterocycles. The van der Waals surface area contributed by atoms with Gasteiger partial charge in [-0.05, 0) is 17.5 Å². The van der Waals surface area contributed by atoms with Gasteiger partial charge in [0.1, 0.15) is 5.60 Å². The number of rotatable bonds is 7. The molecule has 0 fully saturated rings. The van der Waals surface area contributed by atoms with Crippen LogP contribution in [0.2, 0.25) is 0 Å². The topological polar surface area (TPSA) is 40.5 Å². The molecule has 164 valence electrons. The summed E-state index contributed by atoms with van der Waals surface area (Å²) >= 11 is 0. The Balaban J connectivity index is 2.47. The van der Waals surface area contributed by atoms with Crippen molar-refractivity contribution in [1.82, 2.24) is 0 Å². The zero-order valence-corrected chi connectivity index (χ0v) is 16.7. The molecular weight excluding hydrogens is 415 g/mol. The summed E-state index contributed by atoms with van der Waals surface area (Å²) in [6, 6.07) is 14.5. The highest BCUT2D eigenvalue weighted by molar-refractivity contribution is 5.45. The molecule has 7 heteroatoms. The van der Waals surface area contributed by atoms with Gasteiger partial charge in [0.2, 0.25) is 5.82 Å². The zero-order chi connectivity index (χ0) is 22.8. The van der Waals surface area contributed by atoms with E-state index < -0.39 is 45.9 Å². The lowest BCUT2D eigenvalue weighted by atomic mass is 9.67. The molecular formula is C24H21F5O2. The van der Waals surface area contributed by atoms with E-state index in [0.29, 0.717) is 12.8 Å². The zero-order valence-electron chi connectivity index (χ0n) is 16.7. The molecule has 0 bridgehead atoms. The molecule has 31 heavy (non-hydrogen) atoms. The molecule has 3 rings (SSSR count). The first-order valence-corrected chi connectivity index (χ1v) is 9.77. The highest BCUT2D eigenvalue weighted by Gasteiger charge is 2.56. The van der Waals surface area contributed by atoms with Gasteiger partial charge in [0.15, 0.2) is 28.9 Å². The van der Waals surface area contributed by atoms with E-state index in [9.17, 15) is 32.2 Å².